The Kier molecular flexibility index (Phi) is 5.11. The Morgan fingerprint density at radius 2 is 1.93 bits per heavy atom. The number of carbonyl (C=O) groups excluding carboxylic acids is 2. The fourth-order valence-electron chi connectivity index (χ4n) is 2.73. The molecule has 0 fully saturated rings. The van der Waals surface area contributed by atoms with Gasteiger partial charge in [-0.25, -0.2) is 4.98 Å². The third kappa shape index (κ3) is 4.24. The predicted molar refractivity (Wildman–Crippen MR) is 110 cm³/mol. The average molecular weight is 391 g/mol. The van der Waals surface area contributed by atoms with Crippen molar-refractivity contribution >= 4 is 44.9 Å². The van der Waals surface area contributed by atoms with E-state index in [1.54, 1.807) is 23.7 Å². The van der Waals surface area contributed by atoms with Crippen molar-refractivity contribution in [2.45, 2.75) is 12.8 Å². The van der Waals surface area contributed by atoms with Crippen molar-refractivity contribution in [2.24, 2.45) is 0 Å². The standard InChI is InChI=1S/C20H17N5O2S/c26-18(9-6-13-4-2-1-3-5-13)24-20-23-17(12-28-20)19(27)22-15-8-7-14-11-21-25-16(14)10-15/h1-5,7-8,10-12H,6,9H2,(H,21,25)(H,22,27)(H,23,24,26). The van der Waals surface area contributed by atoms with Gasteiger partial charge < -0.3 is 10.6 Å². The third-order valence-corrected chi connectivity index (χ3v) is 4.92. The first-order valence-corrected chi connectivity index (χ1v) is 9.59. The summed E-state index contributed by atoms with van der Waals surface area (Å²) in [7, 11) is 0. The highest BCUT2D eigenvalue weighted by Gasteiger charge is 2.13. The molecular formula is C20H17N5O2S. The number of hydrogen-bond donors (Lipinski definition) is 3. The number of thiazole rings is 1. The van der Waals surface area contributed by atoms with Crippen molar-refractivity contribution in [1.29, 1.82) is 0 Å². The lowest BCUT2D eigenvalue weighted by Crippen LogP contribution is -2.14. The summed E-state index contributed by atoms with van der Waals surface area (Å²) < 4.78 is 0. The SMILES string of the molecule is O=C(CCc1ccccc1)Nc1nc(C(=O)Nc2ccc3cn[nH]c3c2)cs1. The molecule has 0 aliphatic carbocycles. The zero-order valence-corrected chi connectivity index (χ0v) is 15.6. The van der Waals surface area contributed by atoms with Crippen LogP contribution in [0, 0.1) is 0 Å². The van der Waals surface area contributed by atoms with Crippen LogP contribution in [0.1, 0.15) is 22.5 Å². The number of aromatic amines is 1. The van der Waals surface area contributed by atoms with Gasteiger partial charge >= 0.3 is 0 Å². The number of nitrogens with zero attached hydrogens (tertiary/aromatic N) is 2. The van der Waals surface area contributed by atoms with Crippen LogP contribution in [-0.2, 0) is 11.2 Å². The number of fused-ring (bicyclic) bond motifs is 1. The minimum Gasteiger partial charge on any atom is -0.321 e. The van der Waals surface area contributed by atoms with Gasteiger partial charge in [0.1, 0.15) is 5.69 Å². The molecule has 0 unspecified atom stereocenters. The van der Waals surface area contributed by atoms with Crippen molar-refractivity contribution in [3.8, 4) is 0 Å². The number of anilines is 2. The van der Waals surface area contributed by atoms with Crippen LogP contribution >= 0.6 is 11.3 Å². The Balaban J connectivity index is 1.34. The second-order valence-electron chi connectivity index (χ2n) is 6.20. The van der Waals surface area contributed by atoms with Crippen LogP contribution in [0.25, 0.3) is 10.9 Å². The van der Waals surface area contributed by atoms with Crippen molar-refractivity contribution in [2.75, 3.05) is 10.6 Å². The quantitative estimate of drug-likeness (QED) is 0.465. The van der Waals surface area contributed by atoms with Gasteiger partial charge in [0.25, 0.3) is 5.91 Å². The molecule has 4 rings (SSSR count). The van der Waals surface area contributed by atoms with Crippen LogP contribution < -0.4 is 10.6 Å². The summed E-state index contributed by atoms with van der Waals surface area (Å²) in [6.07, 6.45) is 2.73. The molecule has 0 bridgehead atoms. The Bertz CT molecular complexity index is 1120. The molecule has 3 N–H and O–H groups in total. The summed E-state index contributed by atoms with van der Waals surface area (Å²) in [6, 6.07) is 15.3. The van der Waals surface area contributed by atoms with Gasteiger partial charge in [-0.3, -0.25) is 14.7 Å². The molecule has 0 radical (unpaired) electrons. The number of nitrogens with one attached hydrogen (secondary N) is 3. The van der Waals surface area contributed by atoms with E-state index >= 15 is 0 Å². The van der Waals surface area contributed by atoms with E-state index in [-0.39, 0.29) is 17.5 Å². The molecule has 28 heavy (non-hydrogen) atoms. The number of H-pyrrole nitrogens is 1. The van der Waals surface area contributed by atoms with Gasteiger partial charge in [0.05, 0.1) is 11.7 Å². The van der Waals surface area contributed by atoms with Crippen LogP contribution in [0.2, 0.25) is 0 Å². The Labute approximate surface area is 164 Å². The number of amides is 2. The lowest BCUT2D eigenvalue weighted by atomic mass is 10.1. The van der Waals surface area contributed by atoms with Crippen LogP contribution in [0.15, 0.2) is 60.1 Å². The zero-order valence-electron chi connectivity index (χ0n) is 14.8. The number of benzene rings is 2. The Morgan fingerprint density at radius 1 is 1.07 bits per heavy atom. The number of carbonyl (C=O) groups is 2. The smallest absolute Gasteiger partial charge is 0.275 e. The summed E-state index contributed by atoms with van der Waals surface area (Å²) in [4.78, 5) is 28.7. The molecule has 4 aromatic rings. The topological polar surface area (TPSA) is 99.8 Å². The number of aromatic nitrogens is 3. The van der Waals surface area contributed by atoms with Crippen molar-refractivity contribution in [3.63, 3.8) is 0 Å². The summed E-state index contributed by atoms with van der Waals surface area (Å²) in [5, 5.41) is 15.4. The van der Waals surface area contributed by atoms with Gasteiger partial charge in [0, 0.05) is 22.9 Å². The van der Waals surface area contributed by atoms with Crippen LogP contribution in [0.4, 0.5) is 10.8 Å². The Morgan fingerprint density at radius 3 is 2.79 bits per heavy atom. The number of aryl methyl sites for hydroxylation is 1. The van der Waals surface area contributed by atoms with Gasteiger partial charge in [-0.05, 0) is 30.2 Å². The number of rotatable bonds is 6. The molecule has 2 aromatic carbocycles. The van der Waals surface area contributed by atoms with E-state index in [1.165, 1.54) is 11.3 Å². The van der Waals surface area contributed by atoms with Crippen molar-refractivity contribution in [3.05, 3.63) is 71.4 Å². The maximum atomic E-state index is 12.4. The summed E-state index contributed by atoms with van der Waals surface area (Å²) in [6.45, 7) is 0. The lowest BCUT2D eigenvalue weighted by Gasteiger charge is -2.03. The van der Waals surface area contributed by atoms with E-state index in [4.69, 9.17) is 0 Å². The van der Waals surface area contributed by atoms with Gasteiger partial charge in [-0.15, -0.1) is 11.3 Å². The fraction of sp³-hybridized carbons (Fsp3) is 0.100. The second-order valence-corrected chi connectivity index (χ2v) is 7.06. The molecule has 0 saturated heterocycles. The molecule has 0 aliphatic heterocycles. The molecule has 7 nitrogen and oxygen atoms in total. The lowest BCUT2D eigenvalue weighted by molar-refractivity contribution is -0.116. The van der Waals surface area contributed by atoms with E-state index in [2.05, 4.69) is 25.8 Å². The molecular weight excluding hydrogens is 374 g/mol. The molecule has 140 valence electrons. The monoisotopic (exact) mass is 391 g/mol. The summed E-state index contributed by atoms with van der Waals surface area (Å²) in [5.41, 5.74) is 2.84. The largest absolute Gasteiger partial charge is 0.321 e. The summed E-state index contributed by atoms with van der Waals surface area (Å²) in [5.74, 6) is -0.463. The molecule has 0 saturated carbocycles. The van der Waals surface area contributed by atoms with E-state index in [0.717, 1.165) is 16.5 Å². The van der Waals surface area contributed by atoms with Crippen LogP contribution in [0.5, 0.6) is 0 Å². The Hall–Kier alpha value is -3.52. The maximum absolute atomic E-state index is 12.4. The highest BCUT2D eigenvalue weighted by atomic mass is 32.1. The predicted octanol–water partition coefficient (Wildman–Crippen LogP) is 3.84. The van der Waals surface area contributed by atoms with Gasteiger partial charge in [0.15, 0.2) is 5.13 Å². The van der Waals surface area contributed by atoms with Crippen LogP contribution in [-0.4, -0.2) is 27.0 Å². The zero-order chi connectivity index (χ0) is 19.3. The second kappa shape index (κ2) is 8.01. The van der Waals surface area contributed by atoms with Gasteiger partial charge in [0.2, 0.25) is 5.91 Å². The first-order valence-electron chi connectivity index (χ1n) is 8.71. The van der Waals surface area contributed by atoms with Crippen molar-refractivity contribution in [1.82, 2.24) is 15.2 Å². The molecule has 2 aromatic heterocycles. The average Bonchev–Trinajstić information content (AvgIpc) is 3.36. The van der Waals surface area contributed by atoms with E-state index < -0.39 is 0 Å². The highest BCUT2D eigenvalue weighted by molar-refractivity contribution is 7.14. The first kappa shape index (κ1) is 17.9. The highest BCUT2D eigenvalue weighted by Crippen LogP contribution is 2.20. The first-order chi connectivity index (χ1) is 13.7. The van der Waals surface area contributed by atoms with E-state index in [1.807, 2.05) is 36.4 Å². The molecule has 0 spiro atoms. The summed E-state index contributed by atoms with van der Waals surface area (Å²) >= 11 is 1.22. The molecule has 0 atom stereocenters. The maximum Gasteiger partial charge on any atom is 0.275 e. The van der Waals surface area contributed by atoms with Gasteiger partial charge in [-0.1, -0.05) is 30.3 Å². The normalized spacial score (nSPS) is 10.7. The van der Waals surface area contributed by atoms with Gasteiger partial charge in [-0.2, -0.15) is 5.10 Å². The minimum atomic E-state index is -0.333. The van der Waals surface area contributed by atoms with Crippen molar-refractivity contribution < 1.29 is 9.59 Å². The van der Waals surface area contributed by atoms with Crippen LogP contribution in [0.3, 0.4) is 0 Å². The van der Waals surface area contributed by atoms with E-state index in [0.29, 0.717) is 23.7 Å². The molecule has 2 amide bonds. The minimum absolute atomic E-state index is 0.130. The number of hydrogen-bond acceptors (Lipinski definition) is 5. The molecule has 0 aliphatic rings. The molecule has 2 heterocycles. The molecule has 8 heteroatoms. The fourth-order valence-corrected chi connectivity index (χ4v) is 3.44. The third-order valence-electron chi connectivity index (χ3n) is 4.17. The van der Waals surface area contributed by atoms with E-state index in [9.17, 15) is 9.59 Å².